The Labute approximate surface area is 155 Å². The molecule has 1 aliphatic rings. The van der Waals surface area contributed by atoms with E-state index >= 15 is 0 Å². The molecule has 0 bridgehead atoms. The Kier molecular flexibility index (Phi) is 7.02. The number of aryl methyl sites for hydroxylation is 1. The van der Waals surface area contributed by atoms with Gasteiger partial charge < -0.3 is 9.47 Å². The number of hydrogen-bond donors (Lipinski definition) is 0. The van der Waals surface area contributed by atoms with E-state index in [0.717, 1.165) is 36.6 Å². The Morgan fingerprint density at radius 1 is 1.04 bits per heavy atom. The van der Waals surface area contributed by atoms with Crippen molar-refractivity contribution in [2.24, 2.45) is 5.92 Å². The number of ether oxygens (including phenoxy) is 2. The molecule has 0 amide bonds. The molecular formula is C21H29NO2S. The highest BCUT2D eigenvalue weighted by atomic mass is 32.1. The summed E-state index contributed by atoms with van der Waals surface area (Å²) in [6.45, 7) is 6.05. The van der Waals surface area contributed by atoms with Crippen molar-refractivity contribution in [1.82, 2.24) is 4.98 Å². The predicted molar refractivity (Wildman–Crippen MR) is 104 cm³/mol. The van der Waals surface area contributed by atoms with E-state index in [1.165, 1.54) is 36.1 Å². The van der Waals surface area contributed by atoms with Gasteiger partial charge in [0.2, 0.25) is 0 Å². The summed E-state index contributed by atoms with van der Waals surface area (Å²) in [5, 5.41) is 0. The van der Waals surface area contributed by atoms with Gasteiger partial charge in [-0.3, -0.25) is 4.98 Å². The normalized spacial score (nSPS) is 20.7. The van der Waals surface area contributed by atoms with E-state index in [-0.39, 0.29) is 6.29 Å². The summed E-state index contributed by atoms with van der Waals surface area (Å²) in [6.07, 6.45) is 9.02. The first-order valence-electron chi connectivity index (χ1n) is 9.58. The van der Waals surface area contributed by atoms with Crippen LogP contribution in [0.5, 0.6) is 0 Å². The number of nitrogens with zero attached hydrogens (tertiary/aromatic N) is 1. The summed E-state index contributed by atoms with van der Waals surface area (Å²) in [6, 6.07) is 8.57. The van der Waals surface area contributed by atoms with E-state index in [0.29, 0.717) is 5.92 Å². The minimum Gasteiger partial charge on any atom is -0.347 e. The first-order valence-corrected chi connectivity index (χ1v) is 10.4. The third-order valence-corrected chi connectivity index (χ3v) is 5.81. The summed E-state index contributed by atoms with van der Waals surface area (Å²) in [7, 11) is 0. The molecule has 2 aromatic rings. The lowest BCUT2D eigenvalue weighted by Gasteiger charge is -2.28. The van der Waals surface area contributed by atoms with Gasteiger partial charge in [0.25, 0.3) is 0 Å². The van der Waals surface area contributed by atoms with Gasteiger partial charge in [0, 0.05) is 28.2 Å². The van der Waals surface area contributed by atoms with Crippen LogP contribution in [0.25, 0.3) is 10.4 Å². The molecule has 0 saturated carbocycles. The topological polar surface area (TPSA) is 31.4 Å². The van der Waals surface area contributed by atoms with E-state index in [1.54, 1.807) is 11.3 Å². The first kappa shape index (κ1) is 18.6. The summed E-state index contributed by atoms with van der Waals surface area (Å²) in [5.74, 6) is 0.553. The van der Waals surface area contributed by atoms with Crippen LogP contribution in [0.15, 0.2) is 30.5 Å². The highest BCUT2D eigenvalue weighted by Crippen LogP contribution is 2.35. The van der Waals surface area contributed by atoms with Crippen molar-refractivity contribution in [1.29, 1.82) is 0 Å². The zero-order chi connectivity index (χ0) is 17.5. The van der Waals surface area contributed by atoms with Gasteiger partial charge in [0.05, 0.1) is 18.1 Å². The molecule has 0 atom stereocenters. The smallest absolute Gasteiger partial charge is 0.193 e. The average Bonchev–Trinajstić information content (AvgIpc) is 3.14. The lowest BCUT2D eigenvalue weighted by Crippen LogP contribution is -2.26. The first-order chi connectivity index (χ1) is 12.3. The maximum atomic E-state index is 5.98. The summed E-state index contributed by atoms with van der Waals surface area (Å²) >= 11 is 1.74. The molecule has 0 aromatic carbocycles. The molecule has 3 heterocycles. The second-order valence-electron chi connectivity index (χ2n) is 6.85. The van der Waals surface area contributed by atoms with Crippen LogP contribution in [-0.4, -0.2) is 18.2 Å². The Morgan fingerprint density at radius 2 is 1.88 bits per heavy atom. The molecule has 1 aliphatic heterocycles. The van der Waals surface area contributed by atoms with Crippen LogP contribution < -0.4 is 0 Å². The van der Waals surface area contributed by atoms with Crippen molar-refractivity contribution in [3.8, 4) is 10.4 Å². The molecule has 25 heavy (non-hydrogen) atoms. The molecule has 1 saturated heterocycles. The number of unbranched alkanes of at least 4 members (excludes halogenated alkanes) is 2. The third-order valence-electron chi connectivity index (χ3n) is 4.66. The number of aromatic nitrogens is 1. The molecule has 0 N–H and O–H groups in total. The predicted octanol–water partition coefficient (Wildman–Crippen LogP) is 6.00. The van der Waals surface area contributed by atoms with E-state index in [1.807, 2.05) is 6.20 Å². The second-order valence-corrected chi connectivity index (χ2v) is 7.97. The van der Waals surface area contributed by atoms with Crippen molar-refractivity contribution >= 4 is 11.3 Å². The van der Waals surface area contributed by atoms with Crippen molar-refractivity contribution in [2.45, 2.75) is 58.7 Å². The quantitative estimate of drug-likeness (QED) is 0.541. The molecule has 3 nitrogen and oxygen atoms in total. The lowest BCUT2D eigenvalue weighted by atomic mass is 10.0. The highest BCUT2D eigenvalue weighted by Gasteiger charge is 2.24. The molecule has 4 heteroatoms. The summed E-state index contributed by atoms with van der Waals surface area (Å²) in [4.78, 5) is 6.93. The minimum atomic E-state index is -0.200. The Bertz CT molecular complexity index is 630. The number of thiophene rings is 1. The van der Waals surface area contributed by atoms with Crippen LogP contribution in [0.2, 0.25) is 0 Å². The molecule has 136 valence electrons. The van der Waals surface area contributed by atoms with Crippen LogP contribution in [0.4, 0.5) is 0 Å². The van der Waals surface area contributed by atoms with Crippen LogP contribution >= 0.6 is 11.3 Å². The Hall–Kier alpha value is -1.23. The van der Waals surface area contributed by atoms with Crippen LogP contribution in [0, 0.1) is 5.92 Å². The van der Waals surface area contributed by atoms with Gasteiger partial charge >= 0.3 is 0 Å². The number of hydrogen-bond acceptors (Lipinski definition) is 4. The highest BCUT2D eigenvalue weighted by molar-refractivity contribution is 7.15. The van der Waals surface area contributed by atoms with Crippen LogP contribution in [0.1, 0.15) is 62.8 Å². The maximum Gasteiger partial charge on any atom is 0.193 e. The molecule has 0 aliphatic carbocycles. The average molecular weight is 360 g/mol. The Balaban J connectivity index is 1.55. The van der Waals surface area contributed by atoms with Gasteiger partial charge in [-0.05, 0) is 31.0 Å². The molecular weight excluding hydrogens is 330 g/mol. The van der Waals surface area contributed by atoms with Crippen molar-refractivity contribution < 1.29 is 9.47 Å². The van der Waals surface area contributed by atoms with Gasteiger partial charge in [-0.2, -0.15) is 0 Å². The fraction of sp³-hybridized carbons (Fsp3) is 0.571. The van der Waals surface area contributed by atoms with E-state index in [2.05, 4.69) is 43.1 Å². The van der Waals surface area contributed by atoms with Crippen molar-refractivity contribution in [2.75, 3.05) is 13.2 Å². The van der Waals surface area contributed by atoms with Gasteiger partial charge in [-0.25, -0.2) is 0 Å². The standard InChI is InChI=1S/C21H29NO2S/c1-3-5-6-8-16-14-23-21(24-15-16)20-12-11-19(25-20)17-9-10-18(7-4-2)22-13-17/h9-13,16,21H,3-8,14-15H2,1-2H3/t16-,21-. The van der Waals surface area contributed by atoms with E-state index in [4.69, 9.17) is 9.47 Å². The monoisotopic (exact) mass is 359 g/mol. The lowest BCUT2D eigenvalue weighted by molar-refractivity contribution is -0.204. The fourth-order valence-corrected chi connectivity index (χ4v) is 4.16. The summed E-state index contributed by atoms with van der Waals surface area (Å²) < 4.78 is 12.0. The van der Waals surface area contributed by atoms with Gasteiger partial charge in [0.1, 0.15) is 0 Å². The SMILES string of the molecule is CCCCC[C@H]1CO[C@H](c2ccc(-c3ccc(CCC)nc3)s2)OC1. The van der Waals surface area contributed by atoms with E-state index < -0.39 is 0 Å². The molecule has 0 radical (unpaired) electrons. The molecule has 3 rings (SSSR count). The van der Waals surface area contributed by atoms with Gasteiger partial charge in [0.15, 0.2) is 6.29 Å². The largest absolute Gasteiger partial charge is 0.347 e. The second kappa shape index (κ2) is 9.46. The van der Waals surface area contributed by atoms with Crippen LogP contribution in [0.3, 0.4) is 0 Å². The number of rotatable bonds is 8. The van der Waals surface area contributed by atoms with Crippen LogP contribution in [-0.2, 0) is 15.9 Å². The summed E-state index contributed by atoms with van der Waals surface area (Å²) in [5.41, 5.74) is 2.33. The third kappa shape index (κ3) is 5.13. The number of pyridine rings is 1. The van der Waals surface area contributed by atoms with Gasteiger partial charge in [-0.15, -0.1) is 11.3 Å². The van der Waals surface area contributed by atoms with Gasteiger partial charge in [-0.1, -0.05) is 45.6 Å². The zero-order valence-electron chi connectivity index (χ0n) is 15.4. The molecule has 0 unspecified atom stereocenters. The molecule has 2 aromatic heterocycles. The minimum absolute atomic E-state index is 0.200. The molecule has 0 spiro atoms. The molecule has 1 fully saturated rings. The van der Waals surface area contributed by atoms with E-state index in [9.17, 15) is 0 Å². The fourth-order valence-electron chi connectivity index (χ4n) is 3.17. The Morgan fingerprint density at radius 3 is 2.56 bits per heavy atom. The van der Waals surface area contributed by atoms with Crippen molar-refractivity contribution in [3.63, 3.8) is 0 Å². The maximum absolute atomic E-state index is 5.98. The zero-order valence-corrected chi connectivity index (χ0v) is 16.2. The van der Waals surface area contributed by atoms with Crippen molar-refractivity contribution in [3.05, 3.63) is 41.0 Å².